The number of hydrogen-bond acceptors (Lipinski definition) is 2. The highest BCUT2D eigenvalue weighted by Crippen LogP contribution is 1.91. The maximum absolute atomic E-state index is 11.6. The molecule has 0 aliphatic carbocycles. The third kappa shape index (κ3) is 9.85. The van der Waals surface area contributed by atoms with Gasteiger partial charge in [-0.3, -0.25) is 4.39 Å². The zero-order valence-electron chi connectivity index (χ0n) is 6.98. The van der Waals surface area contributed by atoms with Gasteiger partial charge in [0.1, 0.15) is 0 Å². The Morgan fingerprint density at radius 2 is 1.73 bits per heavy atom. The molecule has 11 heavy (non-hydrogen) atoms. The van der Waals surface area contributed by atoms with Gasteiger partial charge in [-0.25, -0.2) is 0 Å². The summed E-state index contributed by atoms with van der Waals surface area (Å²) in [7, 11) is 0. The van der Waals surface area contributed by atoms with Crippen LogP contribution < -0.4 is 5.32 Å². The molecule has 0 aliphatic rings. The Kier molecular flexibility index (Phi) is 9.72. The van der Waals surface area contributed by atoms with Crippen molar-refractivity contribution in [1.29, 1.82) is 0 Å². The topological polar surface area (TPSA) is 32.3 Å². The van der Waals surface area contributed by atoms with Gasteiger partial charge in [-0.1, -0.05) is 0 Å². The maximum Gasteiger partial charge on any atom is 0.0906 e. The number of alkyl halides is 1. The van der Waals surface area contributed by atoms with Gasteiger partial charge in [-0.05, 0) is 38.8 Å². The van der Waals surface area contributed by atoms with Gasteiger partial charge in [0, 0.05) is 6.61 Å². The van der Waals surface area contributed by atoms with Gasteiger partial charge < -0.3 is 10.4 Å². The van der Waals surface area contributed by atoms with Crippen molar-refractivity contribution in [2.75, 3.05) is 26.4 Å². The molecule has 0 saturated carbocycles. The fourth-order valence-corrected chi connectivity index (χ4v) is 0.855. The summed E-state index contributed by atoms with van der Waals surface area (Å²) in [5, 5.41) is 11.6. The van der Waals surface area contributed by atoms with Gasteiger partial charge in [0.05, 0.1) is 6.67 Å². The molecule has 0 unspecified atom stereocenters. The van der Waals surface area contributed by atoms with E-state index in [-0.39, 0.29) is 13.3 Å². The highest BCUT2D eigenvalue weighted by atomic mass is 19.1. The predicted octanol–water partition coefficient (Wildman–Crippen LogP) is 1.10. The van der Waals surface area contributed by atoms with Crippen molar-refractivity contribution >= 4 is 0 Å². The summed E-state index contributed by atoms with van der Waals surface area (Å²) >= 11 is 0. The lowest BCUT2D eigenvalue weighted by atomic mass is 10.2. The lowest BCUT2D eigenvalue weighted by Crippen LogP contribution is -2.17. The van der Waals surface area contributed by atoms with Crippen molar-refractivity contribution in [1.82, 2.24) is 5.32 Å². The van der Waals surface area contributed by atoms with Crippen LogP contribution in [0.3, 0.4) is 0 Å². The molecule has 0 amide bonds. The monoisotopic (exact) mass is 163 g/mol. The van der Waals surface area contributed by atoms with Crippen molar-refractivity contribution in [3.8, 4) is 0 Å². The summed E-state index contributed by atoms with van der Waals surface area (Å²) in [6.45, 7) is 1.77. The zero-order chi connectivity index (χ0) is 8.36. The van der Waals surface area contributed by atoms with E-state index in [0.29, 0.717) is 6.42 Å². The average molecular weight is 163 g/mol. The van der Waals surface area contributed by atoms with Gasteiger partial charge in [0.2, 0.25) is 0 Å². The lowest BCUT2D eigenvalue weighted by Gasteiger charge is -2.01. The molecule has 0 atom stereocenters. The normalized spacial score (nSPS) is 10.4. The Labute approximate surface area is 67.8 Å². The minimum atomic E-state index is -0.232. The van der Waals surface area contributed by atoms with E-state index < -0.39 is 0 Å². The number of halogens is 1. The van der Waals surface area contributed by atoms with E-state index in [9.17, 15) is 4.39 Å². The Balaban J connectivity index is 2.69. The summed E-state index contributed by atoms with van der Waals surface area (Å²) in [5.74, 6) is 0. The summed E-state index contributed by atoms with van der Waals surface area (Å²) in [5.41, 5.74) is 0. The molecular formula is C8H18FNO. The van der Waals surface area contributed by atoms with Crippen LogP contribution in [0.2, 0.25) is 0 Å². The predicted molar refractivity (Wildman–Crippen MR) is 44.4 cm³/mol. The molecule has 68 valence electrons. The Morgan fingerprint density at radius 3 is 2.36 bits per heavy atom. The van der Waals surface area contributed by atoms with Gasteiger partial charge in [0.25, 0.3) is 0 Å². The lowest BCUT2D eigenvalue weighted by molar-refractivity contribution is 0.283. The van der Waals surface area contributed by atoms with Crippen molar-refractivity contribution in [3.63, 3.8) is 0 Å². The average Bonchev–Trinajstić information content (AvgIpc) is 2.03. The van der Waals surface area contributed by atoms with Crippen LogP contribution in [0.25, 0.3) is 0 Å². The van der Waals surface area contributed by atoms with Gasteiger partial charge in [-0.2, -0.15) is 0 Å². The fraction of sp³-hybridized carbons (Fsp3) is 1.00. The molecule has 0 radical (unpaired) electrons. The molecule has 0 heterocycles. The molecular weight excluding hydrogens is 145 g/mol. The summed E-state index contributed by atoms with van der Waals surface area (Å²) in [6.07, 6.45) is 3.62. The summed E-state index contributed by atoms with van der Waals surface area (Å²) in [4.78, 5) is 0. The molecule has 0 aromatic heterocycles. The van der Waals surface area contributed by atoms with E-state index in [1.807, 2.05) is 0 Å². The summed E-state index contributed by atoms with van der Waals surface area (Å²) in [6, 6.07) is 0. The number of rotatable bonds is 8. The fourth-order valence-electron chi connectivity index (χ4n) is 0.855. The van der Waals surface area contributed by atoms with Crippen molar-refractivity contribution < 1.29 is 9.50 Å². The third-order valence-corrected chi connectivity index (χ3v) is 1.50. The molecule has 0 fully saturated rings. The molecule has 0 bridgehead atoms. The standard InChI is InChI=1S/C8H18FNO/c9-5-4-7-10-6-2-1-3-8-11/h10-11H,1-8H2. The first kappa shape index (κ1) is 10.8. The van der Waals surface area contributed by atoms with E-state index in [1.54, 1.807) is 0 Å². The Bertz CT molecular complexity index is 63.1. The Morgan fingerprint density at radius 1 is 1.00 bits per heavy atom. The molecule has 0 aromatic rings. The molecule has 3 heteroatoms. The van der Waals surface area contributed by atoms with Crippen LogP contribution in [0.15, 0.2) is 0 Å². The molecule has 0 spiro atoms. The molecule has 0 aromatic carbocycles. The van der Waals surface area contributed by atoms with Crippen LogP contribution in [0.4, 0.5) is 4.39 Å². The van der Waals surface area contributed by atoms with Crippen molar-refractivity contribution in [2.24, 2.45) is 0 Å². The molecule has 0 aliphatic heterocycles. The van der Waals surface area contributed by atoms with Crippen LogP contribution in [0, 0.1) is 0 Å². The number of unbranched alkanes of at least 4 members (excludes halogenated alkanes) is 2. The van der Waals surface area contributed by atoms with Gasteiger partial charge >= 0.3 is 0 Å². The quantitative estimate of drug-likeness (QED) is 0.525. The minimum Gasteiger partial charge on any atom is -0.396 e. The number of aliphatic hydroxyl groups is 1. The number of hydrogen-bond donors (Lipinski definition) is 2. The third-order valence-electron chi connectivity index (χ3n) is 1.50. The number of nitrogens with one attached hydrogen (secondary N) is 1. The molecule has 2 nitrogen and oxygen atoms in total. The SMILES string of the molecule is OCCCCCNCCCF. The second-order valence-electron chi connectivity index (χ2n) is 2.58. The first-order valence-corrected chi connectivity index (χ1v) is 4.29. The van der Waals surface area contributed by atoms with E-state index in [1.165, 1.54) is 0 Å². The van der Waals surface area contributed by atoms with E-state index in [2.05, 4.69) is 5.32 Å². The van der Waals surface area contributed by atoms with Crippen LogP contribution >= 0.6 is 0 Å². The number of aliphatic hydroxyl groups excluding tert-OH is 1. The first-order valence-electron chi connectivity index (χ1n) is 4.29. The molecule has 0 saturated heterocycles. The largest absolute Gasteiger partial charge is 0.396 e. The second-order valence-corrected chi connectivity index (χ2v) is 2.58. The smallest absolute Gasteiger partial charge is 0.0906 e. The van der Waals surface area contributed by atoms with Crippen molar-refractivity contribution in [3.05, 3.63) is 0 Å². The Hall–Kier alpha value is -0.150. The summed E-state index contributed by atoms with van der Waals surface area (Å²) < 4.78 is 11.6. The first-order chi connectivity index (χ1) is 5.41. The van der Waals surface area contributed by atoms with Crippen molar-refractivity contribution in [2.45, 2.75) is 25.7 Å². The van der Waals surface area contributed by atoms with E-state index >= 15 is 0 Å². The van der Waals surface area contributed by atoms with E-state index in [0.717, 1.165) is 32.4 Å². The van der Waals surface area contributed by atoms with Crippen LogP contribution in [0.1, 0.15) is 25.7 Å². The molecule has 0 rings (SSSR count). The van der Waals surface area contributed by atoms with Crippen LogP contribution in [0.5, 0.6) is 0 Å². The second kappa shape index (κ2) is 9.85. The zero-order valence-corrected chi connectivity index (χ0v) is 6.98. The van der Waals surface area contributed by atoms with Crippen LogP contribution in [-0.4, -0.2) is 31.5 Å². The molecule has 2 N–H and O–H groups in total. The minimum absolute atomic E-state index is 0.232. The maximum atomic E-state index is 11.6. The highest BCUT2D eigenvalue weighted by Gasteiger charge is 1.88. The highest BCUT2D eigenvalue weighted by molar-refractivity contribution is 4.48. The van der Waals surface area contributed by atoms with Gasteiger partial charge in [0.15, 0.2) is 0 Å². The van der Waals surface area contributed by atoms with Gasteiger partial charge in [-0.15, -0.1) is 0 Å². The van der Waals surface area contributed by atoms with Crippen LogP contribution in [-0.2, 0) is 0 Å². The van der Waals surface area contributed by atoms with E-state index in [4.69, 9.17) is 5.11 Å².